The quantitative estimate of drug-likeness (QED) is 0.808. The van der Waals surface area contributed by atoms with Crippen molar-refractivity contribution in [2.45, 2.75) is 19.8 Å². The fourth-order valence-electron chi connectivity index (χ4n) is 2.92. The van der Waals surface area contributed by atoms with Crippen LogP contribution < -0.4 is 0 Å². The van der Waals surface area contributed by atoms with Gasteiger partial charge in [0.2, 0.25) is 0 Å². The van der Waals surface area contributed by atoms with Crippen molar-refractivity contribution in [1.29, 1.82) is 0 Å². The minimum atomic E-state index is -0.151. The van der Waals surface area contributed by atoms with Crippen molar-refractivity contribution in [3.63, 3.8) is 0 Å². The number of benzene rings is 1. The first-order valence-electron chi connectivity index (χ1n) is 8.25. The van der Waals surface area contributed by atoms with E-state index in [2.05, 4.69) is 5.10 Å². The number of carbonyl (C=O) groups is 2. The Hall–Kier alpha value is -2.63. The maximum Gasteiger partial charge on any atom is 0.309 e. The summed E-state index contributed by atoms with van der Waals surface area (Å²) in [5.74, 6) is -0.290. The van der Waals surface area contributed by atoms with Crippen molar-refractivity contribution in [2.75, 3.05) is 19.7 Å². The van der Waals surface area contributed by atoms with Gasteiger partial charge in [-0.05, 0) is 31.9 Å². The lowest BCUT2D eigenvalue weighted by Crippen LogP contribution is -2.40. The summed E-state index contributed by atoms with van der Waals surface area (Å²) in [6, 6.07) is 9.67. The first-order chi connectivity index (χ1) is 11.7. The highest BCUT2D eigenvalue weighted by Gasteiger charge is 2.29. The van der Waals surface area contributed by atoms with Crippen molar-refractivity contribution in [1.82, 2.24) is 14.7 Å². The van der Waals surface area contributed by atoms with E-state index >= 15 is 0 Å². The molecule has 1 aliphatic rings. The summed E-state index contributed by atoms with van der Waals surface area (Å²) in [7, 11) is 0. The van der Waals surface area contributed by atoms with Gasteiger partial charge in [0.25, 0.3) is 5.91 Å². The van der Waals surface area contributed by atoms with E-state index < -0.39 is 0 Å². The Morgan fingerprint density at radius 2 is 1.92 bits per heavy atom. The average Bonchev–Trinajstić information content (AvgIpc) is 3.12. The van der Waals surface area contributed by atoms with Gasteiger partial charge in [0.1, 0.15) is 0 Å². The van der Waals surface area contributed by atoms with Gasteiger partial charge in [0.15, 0.2) is 0 Å². The molecule has 0 spiro atoms. The summed E-state index contributed by atoms with van der Waals surface area (Å²) >= 11 is 0. The first-order valence-corrected chi connectivity index (χ1v) is 8.25. The molecule has 24 heavy (non-hydrogen) atoms. The van der Waals surface area contributed by atoms with Crippen LogP contribution in [0.3, 0.4) is 0 Å². The lowest BCUT2D eigenvalue weighted by Gasteiger charge is -2.30. The monoisotopic (exact) mass is 327 g/mol. The number of hydrogen-bond donors (Lipinski definition) is 0. The summed E-state index contributed by atoms with van der Waals surface area (Å²) < 4.78 is 6.75. The molecule has 6 nitrogen and oxygen atoms in total. The first kappa shape index (κ1) is 16.2. The molecule has 6 heteroatoms. The van der Waals surface area contributed by atoms with Gasteiger partial charge >= 0.3 is 5.97 Å². The molecule has 0 radical (unpaired) electrons. The number of hydrogen-bond acceptors (Lipinski definition) is 4. The van der Waals surface area contributed by atoms with E-state index in [-0.39, 0.29) is 17.8 Å². The topological polar surface area (TPSA) is 64.4 Å². The molecule has 0 N–H and O–H groups in total. The van der Waals surface area contributed by atoms with Gasteiger partial charge in [0.05, 0.1) is 30.0 Å². The molecule has 0 bridgehead atoms. The molecule has 0 saturated carbocycles. The molecular formula is C18H21N3O3. The lowest BCUT2D eigenvalue weighted by atomic mass is 9.96. The summed E-state index contributed by atoms with van der Waals surface area (Å²) in [6.07, 6.45) is 4.64. The molecule has 2 aromatic rings. The molecule has 3 rings (SSSR count). The number of aromatic nitrogens is 2. The molecule has 0 atom stereocenters. The molecule has 1 saturated heterocycles. The molecule has 126 valence electrons. The van der Waals surface area contributed by atoms with E-state index in [0.29, 0.717) is 38.1 Å². The van der Waals surface area contributed by atoms with Gasteiger partial charge in [-0.1, -0.05) is 18.2 Å². The van der Waals surface area contributed by atoms with Crippen LogP contribution in [-0.4, -0.2) is 46.3 Å². The highest BCUT2D eigenvalue weighted by Crippen LogP contribution is 2.20. The lowest BCUT2D eigenvalue weighted by molar-refractivity contribution is -0.149. The second kappa shape index (κ2) is 7.29. The molecule has 0 aliphatic carbocycles. The van der Waals surface area contributed by atoms with Crippen molar-refractivity contribution in [3.05, 3.63) is 48.3 Å². The number of nitrogens with zero attached hydrogens (tertiary/aromatic N) is 3. The zero-order valence-corrected chi connectivity index (χ0v) is 13.7. The predicted molar refractivity (Wildman–Crippen MR) is 88.8 cm³/mol. The molecule has 2 heterocycles. The predicted octanol–water partition coefficient (Wildman–Crippen LogP) is 2.29. The fourth-order valence-corrected chi connectivity index (χ4v) is 2.92. The van der Waals surface area contributed by atoms with Crippen LogP contribution in [0.25, 0.3) is 5.69 Å². The molecule has 0 unspecified atom stereocenters. The highest BCUT2D eigenvalue weighted by molar-refractivity contribution is 5.94. The number of esters is 1. The third-order valence-corrected chi connectivity index (χ3v) is 4.25. The van der Waals surface area contributed by atoms with Gasteiger partial charge < -0.3 is 9.64 Å². The van der Waals surface area contributed by atoms with Crippen molar-refractivity contribution >= 4 is 11.9 Å². The summed E-state index contributed by atoms with van der Waals surface area (Å²) in [4.78, 5) is 26.1. The maximum atomic E-state index is 12.6. The summed E-state index contributed by atoms with van der Waals surface area (Å²) in [5.41, 5.74) is 1.48. The third kappa shape index (κ3) is 3.48. The van der Waals surface area contributed by atoms with E-state index in [1.807, 2.05) is 30.3 Å². The summed E-state index contributed by atoms with van der Waals surface area (Å²) in [6.45, 7) is 3.34. The Kier molecular flexibility index (Phi) is 4.93. The Morgan fingerprint density at radius 1 is 1.21 bits per heavy atom. The van der Waals surface area contributed by atoms with Crippen LogP contribution >= 0.6 is 0 Å². The SMILES string of the molecule is CCOC(=O)C1CCN(C(=O)c2cnn(-c3ccccc3)c2)CC1. The number of likely N-dealkylation sites (tertiary alicyclic amines) is 1. The van der Waals surface area contributed by atoms with Crippen LogP contribution in [0.15, 0.2) is 42.7 Å². The van der Waals surface area contributed by atoms with Crippen molar-refractivity contribution < 1.29 is 14.3 Å². The Bertz CT molecular complexity index is 703. The van der Waals surface area contributed by atoms with Gasteiger partial charge in [0, 0.05) is 19.3 Å². The smallest absolute Gasteiger partial charge is 0.309 e. The standard InChI is InChI=1S/C18H21N3O3/c1-2-24-18(23)14-8-10-20(11-9-14)17(22)15-12-19-21(13-15)16-6-4-3-5-7-16/h3-7,12-14H,2,8-11H2,1H3. The number of piperidine rings is 1. The van der Waals surface area contributed by atoms with Gasteiger partial charge in [-0.25, -0.2) is 4.68 Å². The number of ether oxygens (including phenoxy) is 1. The van der Waals surface area contributed by atoms with Gasteiger partial charge in [-0.3, -0.25) is 9.59 Å². The molecule has 1 amide bonds. The molecule has 1 aliphatic heterocycles. The minimum Gasteiger partial charge on any atom is -0.466 e. The van der Waals surface area contributed by atoms with E-state index in [9.17, 15) is 9.59 Å². The van der Waals surface area contributed by atoms with Crippen LogP contribution in [0.4, 0.5) is 0 Å². The normalized spacial score (nSPS) is 15.3. The van der Waals surface area contributed by atoms with Crippen LogP contribution in [0.2, 0.25) is 0 Å². The molecule has 1 aromatic heterocycles. The third-order valence-electron chi connectivity index (χ3n) is 4.25. The van der Waals surface area contributed by atoms with Gasteiger partial charge in [-0.2, -0.15) is 5.10 Å². The second-order valence-electron chi connectivity index (χ2n) is 5.83. The van der Waals surface area contributed by atoms with Crippen LogP contribution in [-0.2, 0) is 9.53 Å². The van der Waals surface area contributed by atoms with E-state index in [1.54, 1.807) is 28.9 Å². The van der Waals surface area contributed by atoms with E-state index in [0.717, 1.165) is 5.69 Å². The molecule has 1 fully saturated rings. The van der Waals surface area contributed by atoms with Crippen molar-refractivity contribution in [3.8, 4) is 5.69 Å². The van der Waals surface area contributed by atoms with E-state index in [4.69, 9.17) is 4.74 Å². The Labute approximate surface area is 141 Å². The van der Waals surface area contributed by atoms with Crippen LogP contribution in [0.5, 0.6) is 0 Å². The van der Waals surface area contributed by atoms with Gasteiger partial charge in [-0.15, -0.1) is 0 Å². The van der Waals surface area contributed by atoms with Crippen LogP contribution in [0.1, 0.15) is 30.1 Å². The summed E-state index contributed by atoms with van der Waals surface area (Å²) in [5, 5.41) is 4.26. The number of amides is 1. The van der Waals surface area contributed by atoms with Crippen LogP contribution in [0, 0.1) is 5.92 Å². The number of carbonyl (C=O) groups excluding carboxylic acids is 2. The number of rotatable bonds is 4. The fraction of sp³-hybridized carbons (Fsp3) is 0.389. The average molecular weight is 327 g/mol. The minimum absolute atomic E-state index is 0.0421. The number of para-hydroxylation sites is 1. The second-order valence-corrected chi connectivity index (χ2v) is 5.83. The van der Waals surface area contributed by atoms with Crippen molar-refractivity contribution in [2.24, 2.45) is 5.92 Å². The molecule has 1 aromatic carbocycles. The highest BCUT2D eigenvalue weighted by atomic mass is 16.5. The zero-order valence-electron chi connectivity index (χ0n) is 13.7. The zero-order chi connectivity index (χ0) is 16.9. The maximum absolute atomic E-state index is 12.6. The van der Waals surface area contributed by atoms with E-state index in [1.165, 1.54) is 0 Å². The Morgan fingerprint density at radius 3 is 2.58 bits per heavy atom. The Balaban J connectivity index is 1.62. The largest absolute Gasteiger partial charge is 0.466 e. The molecular weight excluding hydrogens is 306 g/mol.